The standard InChI is InChI=1S/C10H13NO4S/c12-10(13)8-6-16-9(11-8)5-15-7-1-3-14-4-2-7/h6-7H,1-5H2,(H,12,13). The second-order valence-electron chi connectivity index (χ2n) is 3.55. The van der Waals surface area contributed by atoms with Crippen LogP contribution in [0.3, 0.4) is 0 Å². The summed E-state index contributed by atoms with van der Waals surface area (Å²) in [5.41, 5.74) is 0.0931. The Labute approximate surface area is 97.0 Å². The average Bonchev–Trinajstić information content (AvgIpc) is 2.76. The fraction of sp³-hybridized carbons (Fsp3) is 0.600. The van der Waals surface area contributed by atoms with Gasteiger partial charge in [0.1, 0.15) is 5.01 Å². The first kappa shape index (κ1) is 11.5. The summed E-state index contributed by atoms with van der Waals surface area (Å²) in [5, 5.41) is 10.9. The van der Waals surface area contributed by atoms with Crippen LogP contribution in [0, 0.1) is 0 Å². The van der Waals surface area contributed by atoms with E-state index >= 15 is 0 Å². The number of carbonyl (C=O) groups is 1. The molecule has 0 aliphatic carbocycles. The maximum absolute atomic E-state index is 10.6. The minimum absolute atomic E-state index is 0.0931. The van der Waals surface area contributed by atoms with Gasteiger partial charge >= 0.3 is 5.97 Å². The van der Waals surface area contributed by atoms with Crippen LogP contribution in [-0.2, 0) is 16.1 Å². The molecule has 0 amide bonds. The molecule has 0 spiro atoms. The third-order valence-corrected chi connectivity index (χ3v) is 3.20. The van der Waals surface area contributed by atoms with Gasteiger partial charge in [0.15, 0.2) is 5.69 Å². The Morgan fingerprint density at radius 3 is 3.00 bits per heavy atom. The van der Waals surface area contributed by atoms with Gasteiger partial charge in [0.25, 0.3) is 0 Å². The van der Waals surface area contributed by atoms with Gasteiger partial charge in [-0.25, -0.2) is 9.78 Å². The van der Waals surface area contributed by atoms with Crippen LogP contribution in [0.2, 0.25) is 0 Å². The third-order valence-electron chi connectivity index (χ3n) is 2.38. The van der Waals surface area contributed by atoms with Crippen molar-refractivity contribution in [3.63, 3.8) is 0 Å². The summed E-state index contributed by atoms with van der Waals surface area (Å²) in [6.07, 6.45) is 2.01. The first-order valence-electron chi connectivity index (χ1n) is 5.13. The first-order valence-corrected chi connectivity index (χ1v) is 6.00. The fourth-order valence-corrected chi connectivity index (χ4v) is 2.20. The zero-order chi connectivity index (χ0) is 11.4. The molecule has 2 heterocycles. The van der Waals surface area contributed by atoms with Crippen LogP contribution in [0.25, 0.3) is 0 Å². The van der Waals surface area contributed by atoms with Gasteiger partial charge in [-0.2, -0.15) is 0 Å². The molecule has 5 nitrogen and oxygen atoms in total. The van der Waals surface area contributed by atoms with Crippen LogP contribution in [0.5, 0.6) is 0 Å². The maximum atomic E-state index is 10.6. The van der Waals surface area contributed by atoms with Crippen molar-refractivity contribution < 1.29 is 19.4 Å². The van der Waals surface area contributed by atoms with E-state index in [4.69, 9.17) is 14.6 Å². The Balaban J connectivity index is 1.81. The van der Waals surface area contributed by atoms with Gasteiger partial charge in [-0.05, 0) is 12.8 Å². The van der Waals surface area contributed by atoms with Crippen LogP contribution in [0.4, 0.5) is 0 Å². The highest BCUT2D eigenvalue weighted by Crippen LogP contribution is 2.16. The van der Waals surface area contributed by atoms with Crippen molar-refractivity contribution in [1.29, 1.82) is 0 Å². The molecule has 16 heavy (non-hydrogen) atoms. The predicted molar refractivity (Wildman–Crippen MR) is 57.7 cm³/mol. The van der Waals surface area contributed by atoms with Crippen molar-refractivity contribution in [2.45, 2.75) is 25.6 Å². The quantitative estimate of drug-likeness (QED) is 0.868. The lowest BCUT2D eigenvalue weighted by molar-refractivity contribution is -0.0391. The van der Waals surface area contributed by atoms with Crippen molar-refractivity contribution >= 4 is 17.3 Å². The number of rotatable bonds is 4. The number of carboxylic acid groups (broad SMARTS) is 1. The number of thiazole rings is 1. The first-order chi connectivity index (χ1) is 7.75. The van der Waals surface area contributed by atoms with Crippen LogP contribution < -0.4 is 0 Å². The van der Waals surface area contributed by atoms with Gasteiger partial charge < -0.3 is 14.6 Å². The lowest BCUT2D eigenvalue weighted by atomic mass is 10.2. The number of aromatic carboxylic acids is 1. The molecule has 1 fully saturated rings. The molecule has 1 N–H and O–H groups in total. The monoisotopic (exact) mass is 243 g/mol. The van der Waals surface area contributed by atoms with Crippen molar-refractivity contribution in [2.24, 2.45) is 0 Å². The number of ether oxygens (including phenoxy) is 2. The number of carboxylic acids is 1. The normalized spacial score (nSPS) is 17.5. The van der Waals surface area contributed by atoms with E-state index in [1.54, 1.807) is 0 Å². The summed E-state index contributed by atoms with van der Waals surface area (Å²) in [6, 6.07) is 0. The highest BCUT2D eigenvalue weighted by atomic mass is 32.1. The van der Waals surface area contributed by atoms with E-state index in [0.717, 1.165) is 26.1 Å². The van der Waals surface area contributed by atoms with E-state index in [1.165, 1.54) is 16.7 Å². The molecule has 2 rings (SSSR count). The molecule has 6 heteroatoms. The van der Waals surface area contributed by atoms with Crippen molar-refractivity contribution in [1.82, 2.24) is 4.98 Å². The summed E-state index contributed by atoms with van der Waals surface area (Å²) in [7, 11) is 0. The molecule has 0 atom stereocenters. The molecule has 88 valence electrons. The molecular weight excluding hydrogens is 230 g/mol. The molecule has 1 aromatic heterocycles. The number of hydrogen-bond donors (Lipinski definition) is 1. The maximum Gasteiger partial charge on any atom is 0.355 e. The number of aromatic nitrogens is 1. The Morgan fingerprint density at radius 1 is 1.62 bits per heavy atom. The lowest BCUT2D eigenvalue weighted by Gasteiger charge is -2.21. The Kier molecular flexibility index (Phi) is 3.87. The van der Waals surface area contributed by atoms with Gasteiger partial charge in [-0.3, -0.25) is 0 Å². The van der Waals surface area contributed by atoms with Gasteiger partial charge in [0, 0.05) is 18.6 Å². The predicted octanol–water partition coefficient (Wildman–Crippen LogP) is 1.54. The van der Waals surface area contributed by atoms with E-state index in [9.17, 15) is 4.79 Å². The molecule has 1 aliphatic heterocycles. The average molecular weight is 243 g/mol. The Hall–Kier alpha value is -0.980. The minimum Gasteiger partial charge on any atom is -0.476 e. The molecule has 0 radical (unpaired) electrons. The van der Waals surface area contributed by atoms with Crippen LogP contribution >= 0.6 is 11.3 Å². The third kappa shape index (κ3) is 3.01. The largest absolute Gasteiger partial charge is 0.476 e. The van der Waals surface area contributed by atoms with Gasteiger partial charge in [0.05, 0.1) is 12.7 Å². The van der Waals surface area contributed by atoms with Gasteiger partial charge in [-0.1, -0.05) is 0 Å². The second-order valence-corrected chi connectivity index (χ2v) is 4.50. The molecule has 0 aromatic carbocycles. The molecule has 0 unspecified atom stereocenters. The summed E-state index contributed by atoms with van der Waals surface area (Å²) in [5.74, 6) is -0.992. The van der Waals surface area contributed by atoms with E-state index in [0.29, 0.717) is 11.6 Å². The summed E-state index contributed by atoms with van der Waals surface area (Å²) < 4.78 is 10.9. The van der Waals surface area contributed by atoms with E-state index in [2.05, 4.69) is 4.98 Å². The van der Waals surface area contributed by atoms with Crippen molar-refractivity contribution in [3.05, 3.63) is 16.1 Å². The van der Waals surface area contributed by atoms with Crippen LogP contribution in [0.1, 0.15) is 28.3 Å². The second kappa shape index (κ2) is 5.38. The number of hydrogen-bond acceptors (Lipinski definition) is 5. The molecule has 1 aliphatic rings. The molecule has 0 bridgehead atoms. The van der Waals surface area contributed by atoms with E-state index < -0.39 is 5.97 Å². The zero-order valence-electron chi connectivity index (χ0n) is 8.72. The summed E-state index contributed by atoms with van der Waals surface area (Å²) >= 11 is 1.32. The molecule has 0 saturated carbocycles. The smallest absolute Gasteiger partial charge is 0.355 e. The van der Waals surface area contributed by atoms with E-state index in [1.807, 2.05) is 0 Å². The van der Waals surface area contributed by atoms with Crippen LogP contribution in [-0.4, -0.2) is 35.4 Å². The zero-order valence-corrected chi connectivity index (χ0v) is 9.53. The minimum atomic E-state index is -0.992. The molecular formula is C10H13NO4S. The number of nitrogens with zero attached hydrogens (tertiary/aromatic N) is 1. The highest BCUT2D eigenvalue weighted by molar-refractivity contribution is 7.09. The van der Waals surface area contributed by atoms with Crippen LogP contribution in [0.15, 0.2) is 5.38 Å². The van der Waals surface area contributed by atoms with Crippen molar-refractivity contribution in [2.75, 3.05) is 13.2 Å². The lowest BCUT2D eigenvalue weighted by Crippen LogP contribution is -2.23. The van der Waals surface area contributed by atoms with Gasteiger partial charge in [0.2, 0.25) is 0 Å². The van der Waals surface area contributed by atoms with E-state index in [-0.39, 0.29) is 11.8 Å². The molecule has 1 aromatic rings. The summed E-state index contributed by atoms with van der Waals surface area (Å²) in [6.45, 7) is 1.87. The topological polar surface area (TPSA) is 68.7 Å². The Bertz CT molecular complexity index is 359. The SMILES string of the molecule is O=C(O)c1csc(COC2CCOCC2)n1. The summed E-state index contributed by atoms with van der Waals surface area (Å²) in [4.78, 5) is 14.6. The van der Waals surface area contributed by atoms with Crippen molar-refractivity contribution in [3.8, 4) is 0 Å². The van der Waals surface area contributed by atoms with Gasteiger partial charge in [-0.15, -0.1) is 11.3 Å². The molecule has 1 saturated heterocycles. The highest BCUT2D eigenvalue weighted by Gasteiger charge is 2.15. The fourth-order valence-electron chi connectivity index (χ4n) is 1.51. The Morgan fingerprint density at radius 2 is 2.38 bits per heavy atom.